The van der Waals surface area contributed by atoms with Gasteiger partial charge in [0.25, 0.3) is 5.69 Å². The number of amides is 1. The Balaban J connectivity index is 1.67. The number of benzene rings is 2. The Labute approximate surface area is 145 Å². The summed E-state index contributed by atoms with van der Waals surface area (Å²) < 4.78 is 5.37. The monoisotopic (exact) mass is 341 g/mol. The molecule has 7 heteroatoms. The van der Waals surface area contributed by atoms with E-state index in [1.54, 1.807) is 12.1 Å². The van der Waals surface area contributed by atoms with Crippen LogP contribution < -0.4 is 10.2 Å². The number of nitrogens with zero attached hydrogens (tertiary/aromatic N) is 2. The van der Waals surface area contributed by atoms with E-state index in [2.05, 4.69) is 10.2 Å². The van der Waals surface area contributed by atoms with E-state index in [9.17, 15) is 14.9 Å². The molecule has 1 N–H and O–H groups in total. The van der Waals surface area contributed by atoms with Crippen LogP contribution in [-0.2, 0) is 16.0 Å². The minimum atomic E-state index is -0.456. The number of carbonyl (C=O) groups is 1. The maximum Gasteiger partial charge on any atom is 0.269 e. The summed E-state index contributed by atoms with van der Waals surface area (Å²) in [6.45, 7) is 2.92. The number of para-hydroxylation sites is 2. The Bertz CT molecular complexity index is 755. The molecule has 130 valence electrons. The van der Waals surface area contributed by atoms with Gasteiger partial charge in [-0.3, -0.25) is 14.9 Å². The van der Waals surface area contributed by atoms with Crippen molar-refractivity contribution in [3.63, 3.8) is 0 Å². The van der Waals surface area contributed by atoms with Gasteiger partial charge in [0.15, 0.2) is 0 Å². The lowest BCUT2D eigenvalue weighted by atomic mass is 10.1. The van der Waals surface area contributed by atoms with Crippen molar-refractivity contribution in [3.8, 4) is 0 Å². The van der Waals surface area contributed by atoms with Crippen LogP contribution in [0.25, 0.3) is 0 Å². The molecule has 7 nitrogen and oxygen atoms in total. The summed E-state index contributed by atoms with van der Waals surface area (Å²) in [6, 6.07) is 13.7. The number of nitro groups is 1. The second-order valence-corrected chi connectivity index (χ2v) is 5.77. The van der Waals surface area contributed by atoms with E-state index in [0.29, 0.717) is 13.2 Å². The van der Waals surface area contributed by atoms with Crippen LogP contribution in [0.5, 0.6) is 0 Å². The smallest absolute Gasteiger partial charge is 0.269 e. The normalized spacial score (nSPS) is 14.2. The lowest BCUT2D eigenvalue weighted by Gasteiger charge is -2.30. The van der Waals surface area contributed by atoms with E-state index >= 15 is 0 Å². The highest BCUT2D eigenvalue weighted by Gasteiger charge is 2.16. The van der Waals surface area contributed by atoms with Crippen molar-refractivity contribution in [2.45, 2.75) is 6.42 Å². The lowest BCUT2D eigenvalue weighted by Crippen LogP contribution is -2.36. The summed E-state index contributed by atoms with van der Waals surface area (Å²) in [7, 11) is 0. The minimum absolute atomic E-state index is 0.0156. The van der Waals surface area contributed by atoms with Crippen molar-refractivity contribution < 1.29 is 14.5 Å². The summed E-state index contributed by atoms with van der Waals surface area (Å²) >= 11 is 0. The van der Waals surface area contributed by atoms with Crippen LogP contribution in [0.3, 0.4) is 0 Å². The van der Waals surface area contributed by atoms with Gasteiger partial charge in [-0.15, -0.1) is 0 Å². The molecule has 0 unspecified atom stereocenters. The second kappa shape index (κ2) is 7.76. The van der Waals surface area contributed by atoms with Gasteiger partial charge in [0.1, 0.15) is 0 Å². The second-order valence-electron chi connectivity index (χ2n) is 5.77. The number of non-ortho nitro benzene ring substituents is 1. The van der Waals surface area contributed by atoms with Crippen LogP contribution in [0, 0.1) is 10.1 Å². The molecule has 1 fully saturated rings. The highest BCUT2D eigenvalue weighted by atomic mass is 16.6. The average Bonchev–Trinajstić information content (AvgIpc) is 2.63. The van der Waals surface area contributed by atoms with E-state index in [-0.39, 0.29) is 18.0 Å². The van der Waals surface area contributed by atoms with Crippen molar-refractivity contribution in [1.29, 1.82) is 0 Å². The number of rotatable bonds is 5. The number of nitrogens with one attached hydrogen (secondary N) is 1. The number of ether oxygens (including phenoxy) is 1. The molecular formula is C18H19N3O4. The van der Waals surface area contributed by atoms with Crippen molar-refractivity contribution in [1.82, 2.24) is 0 Å². The molecule has 0 saturated carbocycles. The van der Waals surface area contributed by atoms with Crippen LogP contribution in [0.2, 0.25) is 0 Å². The quantitative estimate of drug-likeness (QED) is 0.667. The molecule has 3 rings (SSSR count). The standard InChI is InChI=1S/C18H19N3O4/c22-18(13-14-5-7-15(8-6-14)21(23)24)19-16-3-1-2-4-17(16)20-9-11-25-12-10-20/h1-8H,9-13H2,(H,19,22). The molecule has 0 aromatic heterocycles. The molecule has 0 spiro atoms. The van der Waals surface area contributed by atoms with Crippen molar-refractivity contribution in [2.24, 2.45) is 0 Å². The molecule has 25 heavy (non-hydrogen) atoms. The van der Waals surface area contributed by atoms with E-state index in [0.717, 1.165) is 30.0 Å². The Hall–Kier alpha value is -2.93. The zero-order valence-corrected chi connectivity index (χ0v) is 13.7. The Morgan fingerprint density at radius 3 is 2.48 bits per heavy atom. The van der Waals surface area contributed by atoms with Crippen molar-refractivity contribution in [3.05, 3.63) is 64.2 Å². The molecule has 1 saturated heterocycles. The van der Waals surface area contributed by atoms with Gasteiger partial charge in [0.2, 0.25) is 5.91 Å². The fourth-order valence-corrected chi connectivity index (χ4v) is 2.77. The summed E-state index contributed by atoms with van der Waals surface area (Å²) in [5.74, 6) is -0.158. The zero-order valence-electron chi connectivity index (χ0n) is 13.7. The predicted octanol–water partition coefficient (Wildman–Crippen LogP) is 2.61. The summed E-state index contributed by atoms with van der Waals surface area (Å²) in [4.78, 5) is 24.8. The Morgan fingerprint density at radius 2 is 1.80 bits per heavy atom. The average molecular weight is 341 g/mol. The molecule has 0 bridgehead atoms. The Kier molecular flexibility index (Phi) is 5.25. The number of hydrogen-bond acceptors (Lipinski definition) is 5. The number of anilines is 2. The van der Waals surface area contributed by atoms with Gasteiger partial charge < -0.3 is 15.0 Å². The maximum absolute atomic E-state index is 12.3. The molecule has 0 aliphatic carbocycles. The molecule has 1 aliphatic rings. The number of carbonyl (C=O) groups excluding carboxylic acids is 1. The zero-order chi connectivity index (χ0) is 17.6. The summed E-state index contributed by atoms with van der Waals surface area (Å²) in [5.41, 5.74) is 2.48. The van der Waals surface area contributed by atoms with Gasteiger partial charge in [-0.05, 0) is 17.7 Å². The molecule has 1 amide bonds. The largest absolute Gasteiger partial charge is 0.378 e. The predicted molar refractivity (Wildman–Crippen MR) is 94.9 cm³/mol. The van der Waals surface area contributed by atoms with Crippen LogP contribution in [0.1, 0.15) is 5.56 Å². The van der Waals surface area contributed by atoms with Crippen LogP contribution in [0.4, 0.5) is 17.1 Å². The lowest BCUT2D eigenvalue weighted by molar-refractivity contribution is -0.384. The third kappa shape index (κ3) is 4.33. The van der Waals surface area contributed by atoms with E-state index in [1.165, 1.54) is 12.1 Å². The first-order valence-corrected chi connectivity index (χ1v) is 8.08. The highest BCUT2D eigenvalue weighted by molar-refractivity contribution is 5.95. The maximum atomic E-state index is 12.3. The van der Waals surface area contributed by atoms with Gasteiger partial charge >= 0.3 is 0 Å². The SMILES string of the molecule is O=C(Cc1ccc([N+](=O)[O-])cc1)Nc1ccccc1N1CCOCC1. The van der Waals surface area contributed by atoms with Crippen LogP contribution in [0.15, 0.2) is 48.5 Å². The van der Waals surface area contributed by atoms with Gasteiger partial charge in [0, 0.05) is 25.2 Å². The van der Waals surface area contributed by atoms with E-state index in [4.69, 9.17) is 4.74 Å². The number of hydrogen-bond donors (Lipinski definition) is 1. The first-order valence-electron chi connectivity index (χ1n) is 8.08. The van der Waals surface area contributed by atoms with E-state index < -0.39 is 4.92 Å². The number of morpholine rings is 1. The molecule has 1 heterocycles. The molecule has 0 radical (unpaired) electrons. The van der Waals surface area contributed by atoms with Gasteiger partial charge in [-0.2, -0.15) is 0 Å². The third-order valence-electron chi connectivity index (χ3n) is 4.04. The van der Waals surface area contributed by atoms with Crippen molar-refractivity contribution >= 4 is 23.0 Å². The van der Waals surface area contributed by atoms with Crippen LogP contribution >= 0.6 is 0 Å². The molecule has 1 aliphatic heterocycles. The number of nitro benzene ring substituents is 1. The highest BCUT2D eigenvalue weighted by Crippen LogP contribution is 2.26. The van der Waals surface area contributed by atoms with Crippen LogP contribution in [-0.4, -0.2) is 37.1 Å². The van der Waals surface area contributed by atoms with E-state index in [1.807, 2.05) is 24.3 Å². The summed E-state index contributed by atoms with van der Waals surface area (Å²) in [6.07, 6.45) is 0.162. The minimum Gasteiger partial charge on any atom is -0.378 e. The fraction of sp³-hybridized carbons (Fsp3) is 0.278. The molecule has 2 aromatic rings. The topological polar surface area (TPSA) is 84.7 Å². The first kappa shape index (κ1) is 16.9. The molecular weight excluding hydrogens is 322 g/mol. The van der Waals surface area contributed by atoms with Crippen molar-refractivity contribution in [2.75, 3.05) is 36.5 Å². The molecule has 0 atom stereocenters. The molecule has 2 aromatic carbocycles. The van der Waals surface area contributed by atoms with Gasteiger partial charge in [-0.1, -0.05) is 24.3 Å². The third-order valence-corrected chi connectivity index (χ3v) is 4.04. The fourth-order valence-electron chi connectivity index (χ4n) is 2.77. The first-order chi connectivity index (χ1) is 12.1. The van der Waals surface area contributed by atoms with Gasteiger partial charge in [-0.25, -0.2) is 0 Å². The Morgan fingerprint density at radius 1 is 1.12 bits per heavy atom. The van der Waals surface area contributed by atoms with Gasteiger partial charge in [0.05, 0.1) is 35.9 Å². The summed E-state index contributed by atoms with van der Waals surface area (Å²) in [5, 5.41) is 13.6.